The molecule has 0 aromatic heterocycles. The molecule has 0 fully saturated rings. The van der Waals surface area contributed by atoms with Gasteiger partial charge < -0.3 is 9.47 Å². The molecule has 0 bridgehead atoms. The van der Waals surface area contributed by atoms with Crippen molar-refractivity contribution in [1.82, 2.24) is 0 Å². The number of ketones is 1. The maximum absolute atomic E-state index is 12.3. The van der Waals surface area contributed by atoms with Crippen LogP contribution in [0.4, 0.5) is 0 Å². The molecule has 0 atom stereocenters. The van der Waals surface area contributed by atoms with E-state index in [9.17, 15) is 9.59 Å². The molecule has 0 spiro atoms. The average Bonchev–Trinajstić information content (AvgIpc) is 2.74. The van der Waals surface area contributed by atoms with E-state index in [2.05, 4.69) is 0 Å². The normalized spacial score (nSPS) is 10.7. The Bertz CT molecular complexity index is 1000. The standard InChI is InChI=1S/C24H19ClO4/c1-2-28-21-12-8-19(9-13-21)24(27)29-22-14-6-18(7-15-22)23(26)16-5-17-3-10-20(25)11-4-17/h3-16H,2H2,1H3/b16-5+. The Kier molecular flexibility index (Phi) is 6.82. The van der Waals surface area contributed by atoms with Crippen molar-refractivity contribution in [3.05, 3.63) is 101 Å². The van der Waals surface area contributed by atoms with Gasteiger partial charge in [-0.2, -0.15) is 0 Å². The Morgan fingerprint density at radius 2 is 1.41 bits per heavy atom. The summed E-state index contributed by atoms with van der Waals surface area (Å²) in [5.74, 6) is 0.430. The Balaban J connectivity index is 1.61. The third kappa shape index (κ3) is 5.80. The lowest BCUT2D eigenvalue weighted by atomic mass is 10.1. The van der Waals surface area contributed by atoms with Crippen molar-refractivity contribution >= 4 is 29.4 Å². The van der Waals surface area contributed by atoms with Gasteiger partial charge in [-0.25, -0.2) is 4.79 Å². The number of benzene rings is 3. The van der Waals surface area contributed by atoms with Gasteiger partial charge in [0.05, 0.1) is 12.2 Å². The van der Waals surface area contributed by atoms with E-state index in [4.69, 9.17) is 21.1 Å². The lowest BCUT2D eigenvalue weighted by molar-refractivity contribution is 0.0734. The smallest absolute Gasteiger partial charge is 0.343 e. The van der Waals surface area contributed by atoms with Crippen molar-refractivity contribution in [2.24, 2.45) is 0 Å². The minimum Gasteiger partial charge on any atom is -0.494 e. The van der Waals surface area contributed by atoms with Crippen LogP contribution in [0.1, 0.15) is 33.2 Å². The summed E-state index contributed by atoms with van der Waals surface area (Å²) in [5.41, 5.74) is 1.79. The molecule has 0 radical (unpaired) electrons. The van der Waals surface area contributed by atoms with Crippen LogP contribution in [0.3, 0.4) is 0 Å². The van der Waals surface area contributed by atoms with Crippen LogP contribution < -0.4 is 9.47 Å². The number of esters is 1. The summed E-state index contributed by atoms with van der Waals surface area (Å²) in [6.07, 6.45) is 3.21. The van der Waals surface area contributed by atoms with Crippen molar-refractivity contribution < 1.29 is 19.1 Å². The van der Waals surface area contributed by atoms with Gasteiger partial charge >= 0.3 is 5.97 Å². The summed E-state index contributed by atoms with van der Waals surface area (Å²) >= 11 is 5.85. The van der Waals surface area contributed by atoms with Crippen molar-refractivity contribution in [1.29, 1.82) is 0 Å². The molecule has 3 rings (SSSR count). The molecule has 29 heavy (non-hydrogen) atoms. The van der Waals surface area contributed by atoms with Crippen molar-refractivity contribution in [2.75, 3.05) is 6.61 Å². The Hall–Kier alpha value is -3.37. The topological polar surface area (TPSA) is 52.6 Å². The Labute approximate surface area is 174 Å². The first-order valence-electron chi connectivity index (χ1n) is 9.08. The van der Waals surface area contributed by atoms with Crippen molar-refractivity contribution in [3.63, 3.8) is 0 Å². The quantitative estimate of drug-likeness (QED) is 0.213. The largest absolute Gasteiger partial charge is 0.494 e. The SMILES string of the molecule is CCOc1ccc(C(=O)Oc2ccc(C(=O)/C=C/c3ccc(Cl)cc3)cc2)cc1. The lowest BCUT2D eigenvalue weighted by Crippen LogP contribution is -2.08. The molecule has 0 aliphatic rings. The van der Waals surface area contributed by atoms with Crippen molar-refractivity contribution in [2.45, 2.75) is 6.92 Å². The fourth-order valence-corrected chi connectivity index (χ4v) is 2.68. The fraction of sp³-hybridized carbons (Fsp3) is 0.0833. The van der Waals surface area contributed by atoms with E-state index in [0.29, 0.717) is 34.3 Å². The number of allylic oxidation sites excluding steroid dienone is 1. The van der Waals surface area contributed by atoms with E-state index in [-0.39, 0.29) is 5.78 Å². The van der Waals surface area contributed by atoms with E-state index in [1.807, 2.05) is 19.1 Å². The molecular weight excluding hydrogens is 388 g/mol. The van der Waals surface area contributed by atoms with Gasteiger partial charge in [-0.15, -0.1) is 0 Å². The van der Waals surface area contributed by atoms with Crippen LogP contribution in [0.25, 0.3) is 6.08 Å². The molecule has 0 N–H and O–H groups in total. The average molecular weight is 407 g/mol. The fourth-order valence-electron chi connectivity index (χ4n) is 2.55. The molecule has 0 unspecified atom stereocenters. The Morgan fingerprint density at radius 3 is 2.03 bits per heavy atom. The second-order valence-corrected chi connectivity index (χ2v) is 6.56. The van der Waals surface area contributed by atoms with Crippen LogP contribution in [0, 0.1) is 0 Å². The van der Waals surface area contributed by atoms with E-state index in [1.165, 1.54) is 6.08 Å². The summed E-state index contributed by atoms with van der Waals surface area (Å²) in [6, 6.07) is 20.3. The van der Waals surface area contributed by atoms with Crippen LogP contribution in [-0.2, 0) is 0 Å². The summed E-state index contributed by atoms with van der Waals surface area (Å²) < 4.78 is 10.7. The second kappa shape index (κ2) is 9.71. The number of halogens is 1. The molecule has 0 heterocycles. The van der Waals surface area contributed by atoms with Gasteiger partial charge in [0, 0.05) is 10.6 Å². The zero-order valence-corrected chi connectivity index (χ0v) is 16.6. The molecule has 0 amide bonds. The molecule has 146 valence electrons. The maximum Gasteiger partial charge on any atom is 0.343 e. The maximum atomic E-state index is 12.3. The number of carbonyl (C=O) groups is 2. The minimum absolute atomic E-state index is 0.149. The molecule has 3 aromatic carbocycles. The summed E-state index contributed by atoms with van der Waals surface area (Å²) in [7, 11) is 0. The summed E-state index contributed by atoms with van der Waals surface area (Å²) in [6.45, 7) is 2.45. The number of hydrogen-bond donors (Lipinski definition) is 0. The first-order valence-corrected chi connectivity index (χ1v) is 9.46. The van der Waals surface area contributed by atoms with Crippen LogP contribution in [-0.4, -0.2) is 18.4 Å². The molecule has 3 aromatic rings. The van der Waals surface area contributed by atoms with Gasteiger partial charge in [0.1, 0.15) is 11.5 Å². The van der Waals surface area contributed by atoms with Gasteiger partial charge in [-0.1, -0.05) is 29.8 Å². The van der Waals surface area contributed by atoms with Gasteiger partial charge in [0.2, 0.25) is 0 Å². The Morgan fingerprint density at radius 1 is 0.828 bits per heavy atom. The molecule has 5 heteroatoms. The zero-order chi connectivity index (χ0) is 20.6. The van der Waals surface area contributed by atoms with Gasteiger partial charge in [-0.05, 0) is 79.2 Å². The van der Waals surface area contributed by atoms with E-state index < -0.39 is 5.97 Å². The molecule has 0 saturated carbocycles. The molecule has 0 aliphatic carbocycles. The van der Waals surface area contributed by atoms with Crippen LogP contribution >= 0.6 is 11.6 Å². The highest BCUT2D eigenvalue weighted by Crippen LogP contribution is 2.18. The zero-order valence-electron chi connectivity index (χ0n) is 15.8. The second-order valence-electron chi connectivity index (χ2n) is 6.12. The highest BCUT2D eigenvalue weighted by Gasteiger charge is 2.10. The number of carbonyl (C=O) groups excluding carboxylic acids is 2. The predicted molar refractivity (Wildman–Crippen MR) is 114 cm³/mol. The molecule has 4 nitrogen and oxygen atoms in total. The summed E-state index contributed by atoms with van der Waals surface area (Å²) in [4.78, 5) is 24.5. The van der Waals surface area contributed by atoms with Gasteiger partial charge in [0.25, 0.3) is 0 Å². The number of ether oxygens (including phenoxy) is 2. The van der Waals surface area contributed by atoms with E-state index in [1.54, 1.807) is 66.7 Å². The number of hydrogen-bond acceptors (Lipinski definition) is 4. The predicted octanol–water partition coefficient (Wildman–Crippen LogP) is 5.85. The van der Waals surface area contributed by atoms with Gasteiger partial charge in [0.15, 0.2) is 5.78 Å². The van der Waals surface area contributed by atoms with E-state index in [0.717, 1.165) is 5.56 Å². The molecular formula is C24H19ClO4. The van der Waals surface area contributed by atoms with Crippen LogP contribution in [0.2, 0.25) is 5.02 Å². The minimum atomic E-state index is -0.477. The monoisotopic (exact) mass is 406 g/mol. The first-order chi connectivity index (χ1) is 14.0. The lowest BCUT2D eigenvalue weighted by Gasteiger charge is -2.06. The highest BCUT2D eigenvalue weighted by molar-refractivity contribution is 6.30. The highest BCUT2D eigenvalue weighted by atomic mass is 35.5. The van der Waals surface area contributed by atoms with Gasteiger partial charge in [-0.3, -0.25) is 4.79 Å². The first kappa shape index (κ1) is 20.4. The summed E-state index contributed by atoms with van der Waals surface area (Å²) in [5, 5.41) is 0.642. The van der Waals surface area contributed by atoms with Crippen LogP contribution in [0.5, 0.6) is 11.5 Å². The third-order valence-corrected chi connectivity index (χ3v) is 4.30. The van der Waals surface area contributed by atoms with Crippen LogP contribution in [0.15, 0.2) is 78.9 Å². The molecule has 0 aliphatic heterocycles. The van der Waals surface area contributed by atoms with E-state index >= 15 is 0 Å². The molecule has 0 saturated heterocycles. The third-order valence-electron chi connectivity index (χ3n) is 4.05. The number of rotatable bonds is 7. The van der Waals surface area contributed by atoms with Crippen molar-refractivity contribution in [3.8, 4) is 11.5 Å².